The standard InChI is InChI=1S/C29H37N7O9S2/c1-28(2)18(22(41)34-17-24(43)36-19(27(44)45)29(3,4)47-26(17)36)35-23(42)16(25(35)46-28)33-21(40)15(11-6-8-12(37)9-7-11)32-20(39)13(30)10-14(38)31-5/h6-9,13,15-19,25-26,37H,10,30H2,1-5H3,(H,31,38)(H,32,39)(H,33,40)(H,34,41)(H,44,45)/t13-,15-,16-,17-,18+,19+,25-,26-/m1/s1. The molecule has 4 fully saturated rings. The lowest BCUT2D eigenvalue weighted by atomic mass is 9.93. The molecule has 1 aromatic carbocycles. The molecular formula is C29H37N7O9S2. The summed E-state index contributed by atoms with van der Waals surface area (Å²) in [4.78, 5) is 92.7. The van der Waals surface area contributed by atoms with Crippen LogP contribution in [-0.4, -0.2) is 119 Å². The molecule has 0 bridgehead atoms. The lowest BCUT2D eigenvalue weighted by Crippen LogP contribution is -2.74. The maximum absolute atomic E-state index is 13.6. The molecule has 0 spiro atoms. The Morgan fingerprint density at radius 3 is 1.91 bits per heavy atom. The Morgan fingerprint density at radius 1 is 0.872 bits per heavy atom. The number of fused-ring (bicyclic) bond motifs is 2. The van der Waals surface area contributed by atoms with Gasteiger partial charge >= 0.3 is 5.97 Å². The second kappa shape index (κ2) is 12.2. The summed E-state index contributed by atoms with van der Waals surface area (Å²) < 4.78 is -1.61. The number of aliphatic carboxylic acids is 1. The van der Waals surface area contributed by atoms with Crippen molar-refractivity contribution in [3.05, 3.63) is 29.8 Å². The second-order valence-corrected chi connectivity index (χ2v) is 16.4. The van der Waals surface area contributed by atoms with E-state index in [0.717, 1.165) is 0 Å². The molecule has 0 radical (unpaired) electrons. The van der Waals surface area contributed by atoms with Crippen molar-refractivity contribution in [3.8, 4) is 5.75 Å². The van der Waals surface area contributed by atoms with E-state index < -0.39 is 97.9 Å². The molecule has 5 rings (SSSR count). The molecule has 47 heavy (non-hydrogen) atoms. The van der Waals surface area contributed by atoms with E-state index in [0.29, 0.717) is 0 Å². The number of nitrogens with zero attached hydrogens (tertiary/aromatic N) is 2. The Kier molecular flexibility index (Phi) is 8.91. The minimum atomic E-state index is -1.34. The predicted octanol–water partition coefficient (Wildman–Crippen LogP) is -1.81. The topological polar surface area (TPSA) is 241 Å². The Hall–Kier alpha value is -4.03. The number of hydrogen-bond donors (Lipinski definition) is 7. The largest absolute Gasteiger partial charge is 0.508 e. The maximum Gasteiger partial charge on any atom is 0.327 e. The van der Waals surface area contributed by atoms with Crippen LogP contribution in [0.4, 0.5) is 0 Å². The van der Waals surface area contributed by atoms with Gasteiger partial charge in [-0.1, -0.05) is 12.1 Å². The van der Waals surface area contributed by atoms with Crippen LogP contribution in [0.2, 0.25) is 0 Å². The van der Waals surface area contributed by atoms with E-state index in [1.54, 1.807) is 27.7 Å². The van der Waals surface area contributed by atoms with Crippen molar-refractivity contribution < 1.29 is 43.8 Å². The number of hydrogen-bond acceptors (Lipinski definition) is 11. The SMILES string of the molecule is CNC(=O)C[C@@H](N)C(=O)N[C@@H](C(=O)N[C@@H]1C(=O)N2[C@@H]1SC(C)(C)[C@@H]2C(=O)N[C@@H]1C(=O)N2[C@@H]1SC(C)(C)[C@@H]2C(=O)O)c1ccc(O)cc1. The molecule has 0 aromatic heterocycles. The summed E-state index contributed by atoms with van der Waals surface area (Å²) in [7, 11) is 1.39. The minimum Gasteiger partial charge on any atom is -0.508 e. The van der Waals surface area contributed by atoms with Crippen LogP contribution in [0.1, 0.15) is 45.7 Å². The number of carboxylic acid groups (broad SMARTS) is 1. The van der Waals surface area contributed by atoms with Crippen LogP contribution in [0, 0.1) is 0 Å². The third-order valence-corrected chi connectivity index (χ3v) is 11.9. The summed E-state index contributed by atoms with van der Waals surface area (Å²) in [5.41, 5.74) is 6.15. The maximum atomic E-state index is 13.6. The molecule has 4 aliphatic rings. The zero-order chi connectivity index (χ0) is 34.7. The summed E-state index contributed by atoms with van der Waals surface area (Å²) >= 11 is 2.58. The molecule has 8 atom stereocenters. The Morgan fingerprint density at radius 2 is 1.38 bits per heavy atom. The minimum absolute atomic E-state index is 0.0810. The monoisotopic (exact) mass is 691 g/mol. The quantitative estimate of drug-likeness (QED) is 0.134. The van der Waals surface area contributed by atoms with Gasteiger partial charge in [0.05, 0.1) is 12.5 Å². The third-order valence-electron chi connectivity index (χ3n) is 8.76. The van der Waals surface area contributed by atoms with Crippen LogP contribution in [-0.2, 0) is 33.6 Å². The van der Waals surface area contributed by atoms with Crippen molar-refractivity contribution in [2.75, 3.05) is 7.05 Å². The molecule has 0 saturated carbocycles. The highest BCUT2D eigenvalue weighted by Gasteiger charge is 2.67. The number of carbonyl (C=O) groups is 7. The molecule has 4 aliphatic heterocycles. The molecule has 254 valence electrons. The van der Waals surface area contributed by atoms with Crippen molar-refractivity contribution in [2.45, 2.75) is 90.6 Å². The van der Waals surface area contributed by atoms with Gasteiger partial charge in [-0.05, 0) is 45.4 Å². The van der Waals surface area contributed by atoms with Gasteiger partial charge in [-0.15, -0.1) is 23.5 Å². The van der Waals surface area contributed by atoms with Crippen LogP contribution in [0.15, 0.2) is 24.3 Å². The highest BCUT2D eigenvalue weighted by molar-refractivity contribution is 8.02. The van der Waals surface area contributed by atoms with E-state index in [9.17, 15) is 43.8 Å². The highest BCUT2D eigenvalue weighted by Crippen LogP contribution is 2.53. The van der Waals surface area contributed by atoms with Crippen LogP contribution < -0.4 is 27.0 Å². The number of benzene rings is 1. The van der Waals surface area contributed by atoms with E-state index in [4.69, 9.17) is 5.73 Å². The van der Waals surface area contributed by atoms with Gasteiger partial charge in [0, 0.05) is 16.5 Å². The fourth-order valence-corrected chi connectivity index (χ4v) is 9.65. The molecule has 0 unspecified atom stereocenters. The molecule has 1 aromatic rings. The molecule has 0 aliphatic carbocycles. The summed E-state index contributed by atoms with van der Waals surface area (Å²) in [6, 6.07) is -1.18. The Labute approximate surface area is 278 Å². The lowest BCUT2D eigenvalue weighted by molar-refractivity contribution is -0.162. The van der Waals surface area contributed by atoms with E-state index in [-0.39, 0.29) is 17.7 Å². The molecule has 4 saturated heterocycles. The predicted molar refractivity (Wildman–Crippen MR) is 169 cm³/mol. The summed E-state index contributed by atoms with van der Waals surface area (Å²) in [5, 5.41) is 28.5. The normalized spacial score (nSPS) is 29.3. The number of nitrogens with two attached hydrogens (primary N) is 1. The first-order valence-corrected chi connectivity index (χ1v) is 16.5. The zero-order valence-corrected chi connectivity index (χ0v) is 27.8. The first-order chi connectivity index (χ1) is 21.9. The van der Waals surface area contributed by atoms with E-state index >= 15 is 0 Å². The summed E-state index contributed by atoms with van der Waals surface area (Å²) in [5.74, 6) is -4.86. The third kappa shape index (κ3) is 5.97. The fraction of sp³-hybridized carbons (Fsp3) is 0.552. The molecular weight excluding hydrogens is 654 g/mol. The molecule has 8 N–H and O–H groups in total. The average Bonchev–Trinajstić information content (AvgIpc) is 3.41. The van der Waals surface area contributed by atoms with Crippen molar-refractivity contribution in [2.24, 2.45) is 5.73 Å². The molecule has 6 amide bonds. The number of amides is 6. The number of nitrogens with one attached hydrogen (secondary N) is 4. The van der Waals surface area contributed by atoms with E-state index in [2.05, 4.69) is 21.3 Å². The average molecular weight is 692 g/mol. The van der Waals surface area contributed by atoms with Crippen LogP contribution in [0.5, 0.6) is 5.75 Å². The van der Waals surface area contributed by atoms with Gasteiger partial charge in [0.1, 0.15) is 46.7 Å². The van der Waals surface area contributed by atoms with Crippen molar-refractivity contribution in [3.63, 3.8) is 0 Å². The summed E-state index contributed by atoms with van der Waals surface area (Å²) in [6.07, 6.45) is -0.332. The van der Waals surface area contributed by atoms with Gasteiger partial charge in [0.25, 0.3) is 0 Å². The van der Waals surface area contributed by atoms with Crippen LogP contribution in [0.25, 0.3) is 0 Å². The number of carboxylic acids is 1. The first-order valence-electron chi connectivity index (χ1n) is 14.8. The van der Waals surface area contributed by atoms with Gasteiger partial charge in [0.15, 0.2) is 0 Å². The van der Waals surface area contributed by atoms with Gasteiger partial charge in [-0.2, -0.15) is 0 Å². The van der Waals surface area contributed by atoms with Crippen LogP contribution >= 0.6 is 23.5 Å². The van der Waals surface area contributed by atoms with Gasteiger partial charge < -0.3 is 47.0 Å². The van der Waals surface area contributed by atoms with Crippen LogP contribution in [0.3, 0.4) is 0 Å². The number of carbonyl (C=O) groups excluding carboxylic acids is 6. The van der Waals surface area contributed by atoms with Crippen molar-refractivity contribution in [1.82, 2.24) is 31.1 Å². The Bertz CT molecular complexity index is 1540. The fourth-order valence-electron chi connectivity index (χ4n) is 6.40. The van der Waals surface area contributed by atoms with Crippen molar-refractivity contribution >= 4 is 64.9 Å². The number of phenols is 1. The zero-order valence-electron chi connectivity index (χ0n) is 26.2. The molecule has 4 heterocycles. The number of rotatable bonds is 10. The van der Waals surface area contributed by atoms with Crippen molar-refractivity contribution in [1.29, 1.82) is 0 Å². The summed E-state index contributed by atoms with van der Waals surface area (Å²) in [6.45, 7) is 6.99. The van der Waals surface area contributed by atoms with Gasteiger partial charge in [0.2, 0.25) is 35.4 Å². The number of phenolic OH excluding ortho intramolecular Hbond substituents is 1. The van der Waals surface area contributed by atoms with Gasteiger partial charge in [-0.3, -0.25) is 28.8 Å². The lowest BCUT2D eigenvalue weighted by Gasteiger charge is -2.46. The number of aromatic hydroxyl groups is 1. The smallest absolute Gasteiger partial charge is 0.327 e. The van der Waals surface area contributed by atoms with Gasteiger partial charge in [-0.25, -0.2) is 4.79 Å². The second-order valence-electron chi connectivity index (χ2n) is 12.8. The molecule has 18 heteroatoms. The highest BCUT2D eigenvalue weighted by atomic mass is 32.2. The van der Waals surface area contributed by atoms with E-state index in [1.807, 2.05) is 0 Å². The first kappa shape index (κ1) is 34.3. The Balaban J connectivity index is 1.28. The van der Waals surface area contributed by atoms with E-state index in [1.165, 1.54) is 64.6 Å². The number of β-lactam (4-membered cyclic amide) rings is 2. The molecule has 16 nitrogen and oxygen atoms in total. The number of thioether (sulfide) groups is 2.